The van der Waals surface area contributed by atoms with Crippen molar-refractivity contribution in [3.8, 4) is 5.75 Å². The van der Waals surface area contributed by atoms with Crippen molar-refractivity contribution in [1.82, 2.24) is 4.98 Å². The highest BCUT2D eigenvalue weighted by molar-refractivity contribution is 6.39. The summed E-state index contributed by atoms with van der Waals surface area (Å²) >= 11 is 12.4. The SMILES string of the molecule is Cc1ccc2c(Cl)cc(Cl)c(OCC(C)CC=O)c2n1. The van der Waals surface area contributed by atoms with Crippen LogP contribution in [-0.2, 0) is 4.79 Å². The molecular weight excluding hydrogens is 297 g/mol. The second kappa shape index (κ2) is 6.42. The Morgan fingerprint density at radius 2 is 2.10 bits per heavy atom. The van der Waals surface area contributed by atoms with E-state index < -0.39 is 0 Å². The minimum absolute atomic E-state index is 0.124. The van der Waals surface area contributed by atoms with Crippen LogP contribution in [0, 0.1) is 12.8 Å². The highest BCUT2D eigenvalue weighted by Crippen LogP contribution is 2.37. The van der Waals surface area contributed by atoms with Crippen LogP contribution < -0.4 is 4.74 Å². The van der Waals surface area contributed by atoms with Gasteiger partial charge in [0.15, 0.2) is 5.75 Å². The first-order chi connectivity index (χ1) is 9.52. The average Bonchev–Trinajstić information content (AvgIpc) is 2.38. The summed E-state index contributed by atoms with van der Waals surface area (Å²) in [5.74, 6) is 0.645. The van der Waals surface area contributed by atoms with Gasteiger partial charge in [-0.1, -0.05) is 30.1 Å². The van der Waals surface area contributed by atoms with Crippen molar-refractivity contribution in [3.63, 3.8) is 0 Å². The Labute approximate surface area is 127 Å². The van der Waals surface area contributed by atoms with E-state index in [1.54, 1.807) is 6.07 Å². The lowest BCUT2D eigenvalue weighted by Crippen LogP contribution is -2.09. The van der Waals surface area contributed by atoms with E-state index in [0.717, 1.165) is 17.4 Å². The minimum atomic E-state index is 0.124. The number of aromatic nitrogens is 1. The van der Waals surface area contributed by atoms with Crippen LogP contribution in [0.3, 0.4) is 0 Å². The molecule has 0 spiro atoms. The Balaban J connectivity index is 2.41. The quantitative estimate of drug-likeness (QED) is 0.766. The van der Waals surface area contributed by atoms with Gasteiger partial charge >= 0.3 is 0 Å². The molecule has 106 valence electrons. The maximum absolute atomic E-state index is 10.5. The summed E-state index contributed by atoms with van der Waals surface area (Å²) in [6, 6.07) is 5.45. The lowest BCUT2D eigenvalue weighted by atomic mass is 10.1. The zero-order chi connectivity index (χ0) is 14.7. The fourth-order valence-corrected chi connectivity index (χ4v) is 2.46. The van der Waals surface area contributed by atoms with E-state index in [-0.39, 0.29) is 5.92 Å². The molecule has 5 heteroatoms. The molecule has 0 saturated heterocycles. The van der Waals surface area contributed by atoms with Crippen LogP contribution >= 0.6 is 23.2 Å². The van der Waals surface area contributed by atoms with Crippen molar-refractivity contribution in [1.29, 1.82) is 0 Å². The van der Waals surface area contributed by atoms with E-state index in [9.17, 15) is 4.79 Å². The predicted molar refractivity (Wildman–Crippen MR) is 81.8 cm³/mol. The zero-order valence-electron chi connectivity index (χ0n) is 11.3. The molecule has 0 N–H and O–H groups in total. The Hall–Kier alpha value is -1.32. The van der Waals surface area contributed by atoms with Gasteiger partial charge in [-0.2, -0.15) is 0 Å². The van der Waals surface area contributed by atoms with Gasteiger partial charge in [-0.25, -0.2) is 4.98 Å². The van der Waals surface area contributed by atoms with E-state index >= 15 is 0 Å². The monoisotopic (exact) mass is 311 g/mol. The Morgan fingerprint density at radius 1 is 1.35 bits per heavy atom. The van der Waals surface area contributed by atoms with Gasteiger partial charge in [0.25, 0.3) is 0 Å². The fraction of sp³-hybridized carbons (Fsp3) is 0.333. The van der Waals surface area contributed by atoms with Crippen LogP contribution in [0.15, 0.2) is 18.2 Å². The third-order valence-corrected chi connectivity index (χ3v) is 3.58. The fourth-order valence-electron chi connectivity index (χ4n) is 1.89. The molecule has 0 aliphatic rings. The predicted octanol–water partition coefficient (Wildman–Crippen LogP) is 4.45. The molecule has 0 aliphatic heterocycles. The number of aldehydes is 1. The smallest absolute Gasteiger partial charge is 0.164 e. The van der Waals surface area contributed by atoms with Crippen molar-refractivity contribution in [2.75, 3.05) is 6.61 Å². The van der Waals surface area contributed by atoms with Crippen LogP contribution in [0.2, 0.25) is 10.0 Å². The lowest BCUT2D eigenvalue weighted by molar-refractivity contribution is -0.108. The Morgan fingerprint density at radius 3 is 2.80 bits per heavy atom. The largest absolute Gasteiger partial charge is 0.489 e. The molecule has 2 aromatic rings. The third-order valence-electron chi connectivity index (χ3n) is 2.99. The van der Waals surface area contributed by atoms with Gasteiger partial charge < -0.3 is 9.53 Å². The normalized spacial score (nSPS) is 12.4. The van der Waals surface area contributed by atoms with Gasteiger partial charge in [0, 0.05) is 17.5 Å². The molecule has 3 nitrogen and oxygen atoms in total. The zero-order valence-corrected chi connectivity index (χ0v) is 12.8. The number of ether oxygens (including phenoxy) is 1. The summed E-state index contributed by atoms with van der Waals surface area (Å²) in [4.78, 5) is 14.9. The molecule has 0 amide bonds. The molecule has 1 atom stereocenters. The van der Waals surface area contributed by atoms with Gasteiger partial charge in [0.1, 0.15) is 11.8 Å². The molecule has 1 unspecified atom stereocenters. The first kappa shape index (κ1) is 15.1. The second-order valence-electron chi connectivity index (χ2n) is 4.84. The van der Waals surface area contributed by atoms with E-state index in [2.05, 4.69) is 4.98 Å². The molecule has 20 heavy (non-hydrogen) atoms. The maximum Gasteiger partial charge on any atom is 0.164 e. The summed E-state index contributed by atoms with van der Waals surface area (Å²) in [6.07, 6.45) is 1.34. The molecule has 0 bridgehead atoms. The van der Waals surface area contributed by atoms with E-state index in [0.29, 0.717) is 34.3 Å². The number of halogens is 2. The molecule has 0 saturated carbocycles. The average molecular weight is 312 g/mol. The van der Waals surface area contributed by atoms with E-state index in [1.807, 2.05) is 26.0 Å². The van der Waals surface area contributed by atoms with Crippen molar-refractivity contribution in [2.24, 2.45) is 5.92 Å². The number of hydrogen-bond donors (Lipinski definition) is 0. The first-order valence-electron chi connectivity index (χ1n) is 6.34. The maximum atomic E-state index is 10.5. The lowest BCUT2D eigenvalue weighted by Gasteiger charge is -2.14. The Bertz CT molecular complexity index is 643. The van der Waals surface area contributed by atoms with Crippen molar-refractivity contribution in [2.45, 2.75) is 20.3 Å². The summed E-state index contributed by atoms with van der Waals surface area (Å²) in [7, 11) is 0. The molecule has 0 aliphatic carbocycles. The number of pyridine rings is 1. The minimum Gasteiger partial charge on any atom is -0.489 e. The van der Waals surface area contributed by atoms with Gasteiger partial charge in [0.2, 0.25) is 0 Å². The van der Waals surface area contributed by atoms with E-state index in [1.165, 1.54) is 0 Å². The Kier molecular flexibility index (Phi) is 4.84. The topological polar surface area (TPSA) is 39.2 Å². The number of rotatable bonds is 5. The number of carbonyl (C=O) groups is 1. The van der Waals surface area contributed by atoms with Crippen LogP contribution in [0.4, 0.5) is 0 Å². The molecule has 1 heterocycles. The van der Waals surface area contributed by atoms with Crippen LogP contribution in [0.5, 0.6) is 5.75 Å². The number of carbonyl (C=O) groups excluding carboxylic acids is 1. The van der Waals surface area contributed by atoms with Gasteiger partial charge in [-0.3, -0.25) is 0 Å². The van der Waals surface area contributed by atoms with Crippen LogP contribution in [0.25, 0.3) is 10.9 Å². The van der Waals surface area contributed by atoms with Crippen molar-refractivity contribution < 1.29 is 9.53 Å². The summed E-state index contributed by atoms with van der Waals surface area (Å²) in [6.45, 7) is 4.25. The van der Waals surface area contributed by atoms with E-state index in [4.69, 9.17) is 27.9 Å². The molecular formula is C15H15Cl2NO2. The van der Waals surface area contributed by atoms with Gasteiger partial charge in [-0.05, 0) is 31.0 Å². The summed E-state index contributed by atoms with van der Waals surface area (Å²) < 4.78 is 5.76. The molecule has 0 radical (unpaired) electrons. The molecule has 2 rings (SSSR count). The van der Waals surface area contributed by atoms with Crippen LogP contribution in [-0.4, -0.2) is 17.9 Å². The number of aryl methyl sites for hydroxylation is 1. The number of benzene rings is 1. The van der Waals surface area contributed by atoms with Gasteiger partial charge in [0.05, 0.1) is 16.7 Å². The second-order valence-corrected chi connectivity index (χ2v) is 5.65. The number of hydrogen-bond acceptors (Lipinski definition) is 3. The number of fused-ring (bicyclic) bond motifs is 1. The van der Waals surface area contributed by atoms with Crippen molar-refractivity contribution in [3.05, 3.63) is 33.9 Å². The van der Waals surface area contributed by atoms with Gasteiger partial charge in [-0.15, -0.1) is 0 Å². The summed E-state index contributed by atoms with van der Waals surface area (Å²) in [5.41, 5.74) is 1.52. The molecule has 1 aromatic heterocycles. The summed E-state index contributed by atoms with van der Waals surface area (Å²) in [5, 5.41) is 1.78. The number of nitrogens with zero attached hydrogens (tertiary/aromatic N) is 1. The highest BCUT2D eigenvalue weighted by atomic mass is 35.5. The highest BCUT2D eigenvalue weighted by Gasteiger charge is 2.14. The molecule has 1 aromatic carbocycles. The first-order valence-corrected chi connectivity index (χ1v) is 7.10. The standard InChI is InChI=1S/C15H15Cl2NO2/c1-9(5-6-19)8-20-15-13(17)7-12(16)11-4-3-10(2)18-14(11)15/h3-4,6-7,9H,5,8H2,1-2H3. The third kappa shape index (κ3) is 3.22. The van der Waals surface area contributed by atoms with Crippen LogP contribution in [0.1, 0.15) is 19.0 Å². The molecule has 0 fully saturated rings. The van der Waals surface area contributed by atoms with Crippen molar-refractivity contribution >= 4 is 40.4 Å².